The lowest BCUT2D eigenvalue weighted by atomic mass is 9.93. The first-order valence-corrected chi connectivity index (χ1v) is 7.27. The van der Waals surface area contributed by atoms with Gasteiger partial charge in [0.05, 0.1) is 6.04 Å². The lowest BCUT2D eigenvalue weighted by molar-refractivity contribution is 0.621. The van der Waals surface area contributed by atoms with Crippen LogP contribution in [0.2, 0.25) is 0 Å². The van der Waals surface area contributed by atoms with E-state index in [1.54, 1.807) is 0 Å². The monoisotopic (exact) mass is 268 g/mol. The first-order chi connectivity index (χ1) is 9.52. The Hall–Kier alpha value is -1.67. The predicted octanol–water partition coefficient (Wildman–Crippen LogP) is 4.01. The SMILES string of the molecule is CCNC(c1ccc(C)cc1C)c1ccc(C)nc1C. The first kappa shape index (κ1) is 14.7. The van der Waals surface area contributed by atoms with E-state index >= 15 is 0 Å². The van der Waals surface area contributed by atoms with Crippen LogP contribution in [-0.2, 0) is 0 Å². The average Bonchev–Trinajstić information content (AvgIpc) is 2.37. The van der Waals surface area contributed by atoms with Crippen LogP contribution in [0, 0.1) is 27.7 Å². The molecule has 0 amide bonds. The van der Waals surface area contributed by atoms with E-state index in [0.717, 1.165) is 17.9 Å². The Labute approximate surface area is 122 Å². The summed E-state index contributed by atoms with van der Waals surface area (Å²) in [5.41, 5.74) is 7.42. The molecule has 0 spiro atoms. The first-order valence-electron chi connectivity index (χ1n) is 7.27. The van der Waals surface area contributed by atoms with Gasteiger partial charge in [0.15, 0.2) is 0 Å². The van der Waals surface area contributed by atoms with Gasteiger partial charge in [0.1, 0.15) is 0 Å². The van der Waals surface area contributed by atoms with Crippen molar-refractivity contribution in [1.82, 2.24) is 10.3 Å². The Balaban J connectivity index is 2.50. The summed E-state index contributed by atoms with van der Waals surface area (Å²) in [6, 6.07) is 11.2. The highest BCUT2D eigenvalue weighted by Crippen LogP contribution is 2.27. The number of nitrogens with zero attached hydrogens (tertiary/aromatic N) is 1. The van der Waals surface area contributed by atoms with E-state index in [0.29, 0.717) is 0 Å². The molecule has 2 nitrogen and oxygen atoms in total. The van der Waals surface area contributed by atoms with Gasteiger partial charge in [-0.15, -0.1) is 0 Å². The van der Waals surface area contributed by atoms with Crippen LogP contribution in [0.15, 0.2) is 30.3 Å². The second-order valence-electron chi connectivity index (χ2n) is 5.48. The van der Waals surface area contributed by atoms with E-state index in [-0.39, 0.29) is 6.04 Å². The summed E-state index contributed by atoms with van der Waals surface area (Å²) in [7, 11) is 0. The summed E-state index contributed by atoms with van der Waals surface area (Å²) in [4.78, 5) is 4.61. The average molecular weight is 268 g/mol. The van der Waals surface area contributed by atoms with Crippen LogP contribution in [-0.4, -0.2) is 11.5 Å². The smallest absolute Gasteiger partial charge is 0.0597 e. The van der Waals surface area contributed by atoms with Gasteiger partial charge in [-0.1, -0.05) is 36.8 Å². The van der Waals surface area contributed by atoms with Crippen molar-refractivity contribution in [3.8, 4) is 0 Å². The molecular formula is C18H24N2. The van der Waals surface area contributed by atoms with E-state index in [1.165, 1.54) is 22.3 Å². The van der Waals surface area contributed by atoms with Crippen LogP contribution in [0.4, 0.5) is 0 Å². The molecule has 1 heterocycles. The van der Waals surface area contributed by atoms with Gasteiger partial charge in [-0.3, -0.25) is 4.98 Å². The van der Waals surface area contributed by atoms with E-state index in [9.17, 15) is 0 Å². The number of rotatable bonds is 4. The molecule has 20 heavy (non-hydrogen) atoms. The quantitative estimate of drug-likeness (QED) is 0.906. The maximum Gasteiger partial charge on any atom is 0.0597 e. The third-order valence-electron chi connectivity index (χ3n) is 3.72. The zero-order valence-electron chi connectivity index (χ0n) is 13.1. The maximum absolute atomic E-state index is 4.61. The highest BCUT2D eigenvalue weighted by Gasteiger charge is 2.17. The number of benzene rings is 1. The van der Waals surface area contributed by atoms with Crippen LogP contribution in [0.5, 0.6) is 0 Å². The minimum atomic E-state index is 0.216. The Bertz CT molecular complexity index is 551. The predicted molar refractivity (Wildman–Crippen MR) is 85.1 cm³/mol. The van der Waals surface area contributed by atoms with Crippen LogP contribution >= 0.6 is 0 Å². The van der Waals surface area contributed by atoms with E-state index in [1.807, 2.05) is 6.92 Å². The van der Waals surface area contributed by atoms with Crippen LogP contribution in [0.1, 0.15) is 46.6 Å². The summed E-state index contributed by atoms with van der Waals surface area (Å²) >= 11 is 0. The Kier molecular flexibility index (Phi) is 4.56. The summed E-state index contributed by atoms with van der Waals surface area (Å²) in [6.07, 6.45) is 0. The van der Waals surface area contributed by atoms with E-state index in [4.69, 9.17) is 0 Å². The van der Waals surface area contributed by atoms with Crippen LogP contribution in [0.3, 0.4) is 0 Å². The molecule has 106 valence electrons. The van der Waals surface area contributed by atoms with Crippen molar-refractivity contribution in [2.75, 3.05) is 6.54 Å². The molecule has 0 aliphatic rings. The van der Waals surface area contributed by atoms with Gasteiger partial charge in [0.25, 0.3) is 0 Å². The molecule has 0 radical (unpaired) electrons. The normalized spacial score (nSPS) is 12.4. The van der Waals surface area contributed by atoms with Gasteiger partial charge in [-0.25, -0.2) is 0 Å². The lowest BCUT2D eigenvalue weighted by Crippen LogP contribution is -2.24. The molecule has 1 aromatic heterocycles. The van der Waals surface area contributed by atoms with Crippen molar-refractivity contribution in [3.05, 3.63) is 64.0 Å². The van der Waals surface area contributed by atoms with Gasteiger partial charge in [0.2, 0.25) is 0 Å². The number of nitrogens with one attached hydrogen (secondary N) is 1. The van der Waals surface area contributed by atoms with Crippen molar-refractivity contribution in [1.29, 1.82) is 0 Å². The molecule has 2 aromatic rings. The van der Waals surface area contributed by atoms with E-state index < -0.39 is 0 Å². The second-order valence-corrected chi connectivity index (χ2v) is 5.48. The summed E-state index contributed by atoms with van der Waals surface area (Å²) in [5, 5.41) is 3.60. The van der Waals surface area contributed by atoms with Gasteiger partial charge in [-0.2, -0.15) is 0 Å². The number of pyridine rings is 1. The van der Waals surface area contributed by atoms with Crippen molar-refractivity contribution < 1.29 is 0 Å². The molecule has 0 saturated carbocycles. The molecule has 1 aromatic carbocycles. The highest BCUT2D eigenvalue weighted by atomic mass is 14.9. The summed E-state index contributed by atoms with van der Waals surface area (Å²) < 4.78 is 0. The molecule has 0 bridgehead atoms. The highest BCUT2D eigenvalue weighted by molar-refractivity contribution is 5.40. The molecule has 0 aliphatic heterocycles. The molecule has 2 rings (SSSR count). The third-order valence-corrected chi connectivity index (χ3v) is 3.72. The Morgan fingerprint density at radius 2 is 1.70 bits per heavy atom. The fourth-order valence-corrected chi connectivity index (χ4v) is 2.74. The molecule has 0 saturated heterocycles. The van der Waals surface area contributed by atoms with Crippen molar-refractivity contribution >= 4 is 0 Å². The fraction of sp³-hybridized carbons (Fsp3) is 0.389. The van der Waals surface area contributed by atoms with Gasteiger partial charge in [0, 0.05) is 11.4 Å². The number of aromatic nitrogens is 1. The van der Waals surface area contributed by atoms with Crippen molar-refractivity contribution in [3.63, 3.8) is 0 Å². The topological polar surface area (TPSA) is 24.9 Å². The van der Waals surface area contributed by atoms with Crippen LogP contribution in [0.25, 0.3) is 0 Å². The summed E-state index contributed by atoms with van der Waals surface area (Å²) in [5.74, 6) is 0. The van der Waals surface area contributed by atoms with E-state index in [2.05, 4.69) is 68.3 Å². The standard InChI is InChI=1S/C18H24N2/c1-6-19-18(16-9-7-12(2)11-13(16)3)17-10-8-14(4)20-15(17)5/h7-11,18-19H,6H2,1-5H3. The van der Waals surface area contributed by atoms with Crippen LogP contribution < -0.4 is 5.32 Å². The maximum atomic E-state index is 4.61. The lowest BCUT2D eigenvalue weighted by Gasteiger charge is -2.22. The zero-order chi connectivity index (χ0) is 14.7. The molecule has 1 unspecified atom stereocenters. The van der Waals surface area contributed by atoms with Gasteiger partial charge >= 0.3 is 0 Å². The van der Waals surface area contributed by atoms with Crippen molar-refractivity contribution in [2.45, 2.75) is 40.7 Å². The molecular weight excluding hydrogens is 244 g/mol. The van der Waals surface area contributed by atoms with Gasteiger partial charge < -0.3 is 5.32 Å². The minimum absolute atomic E-state index is 0.216. The Morgan fingerprint density at radius 3 is 2.30 bits per heavy atom. The molecule has 0 aliphatic carbocycles. The minimum Gasteiger partial charge on any atom is -0.306 e. The fourth-order valence-electron chi connectivity index (χ4n) is 2.74. The summed E-state index contributed by atoms with van der Waals surface area (Å²) in [6.45, 7) is 11.5. The Morgan fingerprint density at radius 1 is 1.00 bits per heavy atom. The molecule has 1 N–H and O–H groups in total. The van der Waals surface area contributed by atoms with Crippen molar-refractivity contribution in [2.24, 2.45) is 0 Å². The zero-order valence-corrected chi connectivity index (χ0v) is 13.1. The van der Waals surface area contributed by atoms with Gasteiger partial charge in [-0.05, 0) is 57.0 Å². The molecule has 0 fully saturated rings. The molecule has 2 heteroatoms. The molecule has 1 atom stereocenters. The third kappa shape index (κ3) is 3.07. The second kappa shape index (κ2) is 6.19. The number of aryl methyl sites for hydroxylation is 4. The largest absolute Gasteiger partial charge is 0.306 e. The number of hydrogen-bond donors (Lipinski definition) is 1. The number of hydrogen-bond acceptors (Lipinski definition) is 2.